The van der Waals surface area contributed by atoms with Gasteiger partial charge < -0.3 is 14.2 Å². The van der Waals surface area contributed by atoms with Crippen LogP contribution in [0.1, 0.15) is 316 Å². The summed E-state index contributed by atoms with van der Waals surface area (Å²) in [5, 5.41) is 0. The minimum absolute atomic E-state index is 0.0667. The highest BCUT2D eigenvalue weighted by atomic mass is 16.6. The lowest BCUT2D eigenvalue weighted by molar-refractivity contribution is -0.167. The van der Waals surface area contributed by atoms with Crippen molar-refractivity contribution in [3.63, 3.8) is 0 Å². The Morgan fingerprint density at radius 2 is 0.540 bits per heavy atom. The number of unbranched alkanes of at least 4 members (excludes halogenated alkanes) is 39. The first-order chi connectivity index (χ1) is 31.0. The monoisotopic (exact) mass is 889 g/mol. The Morgan fingerprint density at radius 1 is 0.302 bits per heavy atom. The van der Waals surface area contributed by atoms with Crippen LogP contribution in [0, 0.1) is 0 Å². The first-order valence-electron chi connectivity index (χ1n) is 28.2. The Balaban J connectivity index is 4.27. The number of carbonyl (C=O) groups is 3. The first kappa shape index (κ1) is 61.1. The van der Waals surface area contributed by atoms with Crippen LogP contribution < -0.4 is 0 Å². The maximum absolute atomic E-state index is 12.8. The van der Waals surface area contributed by atoms with Gasteiger partial charge in [0.25, 0.3) is 0 Å². The van der Waals surface area contributed by atoms with Gasteiger partial charge in [0.1, 0.15) is 13.2 Å². The van der Waals surface area contributed by atoms with Crippen molar-refractivity contribution in [2.24, 2.45) is 0 Å². The van der Waals surface area contributed by atoms with Crippen LogP contribution in [0.15, 0.2) is 12.2 Å². The molecule has 0 saturated carbocycles. The highest BCUT2D eigenvalue weighted by molar-refractivity contribution is 5.71. The molecule has 63 heavy (non-hydrogen) atoms. The van der Waals surface area contributed by atoms with Crippen molar-refractivity contribution < 1.29 is 28.6 Å². The minimum Gasteiger partial charge on any atom is -0.462 e. The number of rotatable bonds is 52. The van der Waals surface area contributed by atoms with Crippen molar-refractivity contribution in [1.82, 2.24) is 0 Å². The maximum atomic E-state index is 12.8. The van der Waals surface area contributed by atoms with Gasteiger partial charge in [0.2, 0.25) is 0 Å². The van der Waals surface area contributed by atoms with Crippen LogP contribution in [-0.2, 0) is 28.6 Å². The van der Waals surface area contributed by atoms with Crippen molar-refractivity contribution in [3.05, 3.63) is 12.2 Å². The van der Waals surface area contributed by atoms with E-state index >= 15 is 0 Å². The van der Waals surface area contributed by atoms with Gasteiger partial charge in [-0.2, -0.15) is 0 Å². The number of hydrogen-bond donors (Lipinski definition) is 0. The van der Waals surface area contributed by atoms with E-state index in [1.807, 2.05) is 0 Å². The average molecular weight is 889 g/mol. The summed E-state index contributed by atoms with van der Waals surface area (Å²) < 4.78 is 16.8. The third-order valence-corrected chi connectivity index (χ3v) is 12.8. The number of ether oxygens (including phenoxy) is 3. The van der Waals surface area contributed by atoms with Crippen LogP contribution >= 0.6 is 0 Å². The SMILES string of the molecule is CCCC/C=C\CCCCCCCC(=O)OCC(COC(=O)CCCCCCCCCCCCCCCCCCCC)OC(=O)CCCCCCCCCCCCCCCCCC. The number of allylic oxidation sites excluding steroid dienone is 2. The fourth-order valence-electron chi connectivity index (χ4n) is 8.49. The van der Waals surface area contributed by atoms with Crippen LogP contribution in [-0.4, -0.2) is 37.2 Å². The zero-order valence-corrected chi connectivity index (χ0v) is 42.6. The molecule has 0 aromatic heterocycles. The molecule has 0 saturated heterocycles. The van der Waals surface area contributed by atoms with E-state index in [0.29, 0.717) is 19.3 Å². The van der Waals surface area contributed by atoms with E-state index in [4.69, 9.17) is 14.2 Å². The summed E-state index contributed by atoms with van der Waals surface area (Å²) in [5.74, 6) is -0.855. The molecule has 0 aliphatic rings. The van der Waals surface area contributed by atoms with E-state index in [0.717, 1.165) is 64.2 Å². The van der Waals surface area contributed by atoms with Crippen LogP contribution in [0.4, 0.5) is 0 Å². The van der Waals surface area contributed by atoms with Crippen molar-refractivity contribution >= 4 is 17.9 Å². The molecular formula is C57H108O6. The molecule has 0 aliphatic heterocycles. The van der Waals surface area contributed by atoms with E-state index in [-0.39, 0.29) is 31.1 Å². The molecule has 0 rings (SSSR count). The molecule has 6 heteroatoms. The second kappa shape index (κ2) is 52.8. The van der Waals surface area contributed by atoms with Crippen molar-refractivity contribution in [2.75, 3.05) is 13.2 Å². The molecule has 0 heterocycles. The van der Waals surface area contributed by atoms with Crippen LogP contribution in [0.3, 0.4) is 0 Å². The van der Waals surface area contributed by atoms with Crippen LogP contribution in [0.5, 0.6) is 0 Å². The van der Waals surface area contributed by atoms with E-state index in [1.165, 1.54) is 212 Å². The van der Waals surface area contributed by atoms with Gasteiger partial charge >= 0.3 is 17.9 Å². The molecule has 0 aliphatic carbocycles. The summed E-state index contributed by atoms with van der Waals surface area (Å²) in [6, 6.07) is 0. The third-order valence-electron chi connectivity index (χ3n) is 12.8. The Bertz CT molecular complexity index is 978. The number of esters is 3. The molecule has 6 nitrogen and oxygen atoms in total. The Hall–Kier alpha value is -1.85. The summed E-state index contributed by atoms with van der Waals surface area (Å²) >= 11 is 0. The molecule has 0 aromatic rings. The van der Waals surface area contributed by atoms with E-state index < -0.39 is 6.10 Å². The van der Waals surface area contributed by atoms with Gasteiger partial charge in [-0.3, -0.25) is 14.4 Å². The van der Waals surface area contributed by atoms with Crippen LogP contribution in [0.25, 0.3) is 0 Å². The van der Waals surface area contributed by atoms with Gasteiger partial charge in [-0.1, -0.05) is 270 Å². The van der Waals surface area contributed by atoms with E-state index in [1.54, 1.807) is 0 Å². The summed E-state index contributed by atoms with van der Waals surface area (Å²) in [7, 11) is 0. The number of hydrogen-bond acceptors (Lipinski definition) is 6. The summed E-state index contributed by atoms with van der Waals surface area (Å²) in [6.45, 7) is 6.65. The Labute approximate surface area is 392 Å². The highest BCUT2D eigenvalue weighted by Crippen LogP contribution is 2.17. The first-order valence-corrected chi connectivity index (χ1v) is 28.2. The second-order valence-corrected chi connectivity index (χ2v) is 19.2. The normalized spacial score (nSPS) is 12.0. The molecule has 0 bridgehead atoms. The molecule has 0 radical (unpaired) electrons. The molecule has 1 unspecified atom stereocenters. The topological polar surface area (TPSA) is 78.9 Å². The molecular weight excluding hydrogens is 781 g/mol. The highest BCUT2D eigenvalue weighted by Gasteiger charge is 2.19. The van der Waals surface area contributed by atoms with E-state index in [2.05, 4.69) is 32.9 Å². The number of carbonyl (C=O) groups excluding carboxylic acids is 3. The zero-order valence-electron chi connectivity index (χ0n) is 42.6. The Morgan fingerprint density at radius 3 is 0.841 bits per heavy atom. The fraction of sp³-hybridized carbons (Fsp3) is 0.912. The van der Waals surface area contributed by atoms with Gasteiger partial charge in [0.05, 0.1) is 0 Å². The maximum Gasteiger partial charge on any atom is 0.306 e. The summed E-state index contributed by atoms with van der Waals surface area (Å²) in [4.78, 5) is 38.0. The quantitative estimate of drug-likeness (QED) is 0.0262. The molecule has 0 aromatic carbocycles. The summed E-state index contributed by atoms with van der Waals surface area (Å²) in [5.41, 5.74) is 0. The van der Waals surface area contributed by atoms with Crippen molar-refractivity contribution in [2.45, 2.75) is 322 Å². The third kappa shape index (κ3) is 51.0. The molecule has 0 amide bonds. The molecule has 372 valence electrons. The van der Waals surface area contributed by atoms with Crippen molar-refractivity contribution in [3.8, 4) is 0 Å². The standard InChI is InChI=1S/C57H108O6/c1-4-7-10-13-16-19-22-24-26-28-29-31-32-35-38-41-44-47-50-56(59)62-53-54(52-61-55(58)49-46-43-40-37-34-21-18-15-12-9-6-3)63-57(60)51-48-45-42-39-36-33-30-27-25-23-20-17-14-11-8-5-2/h15,18,54H,4-14,16-17,19-53H2,1-3H3/b18-15-. The van der Waals surface area contributed by atoms with Gasteiger partial charge in [-0.15, -0.1) is 0 Å². The average Bonchev–Trinajstić information content (AvgIpc) is 3.28. The van der Waals surface area contributed by atoms with Crippen molar-refractivity contribution in [1.29, 1.82) is 0 Å². The lowest BCUT2D eigenvalue weighted by Crippen LogP contribution is -2.30. The fourth-order valence-corrected chi connectivity index (χ4v) is 8.49. The lowest BCUT2D eigenvalue weighted by Gasteiger charge is -2.18. The summed E-state index contributed by atoms with van der Waals surface area (Å²) in [6.07, 6.45) is 59.2. The molecule has 1 atom stereocenters. The van der Waals surface area contributed by atoms with Gasteiger partial charge in [-0.05, 0) is 38.5 Å². The lowest BCUT2D eigenvalue weighted by atomic mass is 10.0. The van der Waals surface area contributed by atoms with E-state index in [9.17, 15) is 14.4 Å². The predicted octanol–water partition coefficient (Wildman–Crippen LogP) is 18.5. The minimum atomic E-state index is -0.767. The van der Waals surface area contributed by atoms with Gasteiger partial charge in [0.15, 0.2) is 6.10 Å². The second-order valence-electron chi connectivity index (χ2n) is 19.2. The molecule has 0 spiro atoms. The largest absolute Gasteiger partial charge is 0.462 e. The smallest absolute Gasteiger partial charge is 0.306 e. The predicted molar refractivity (Wildman–Crippen MR) is 270 cm³/mol. The Kier molecular flexibility index (Phi) is 51.2. The molecule has 0 N–H and O–H groups in total. The van der Waals surface area contributed by atoms with Crippen LogP contribution in [0.2, 0.25) is 0 Å². The molecule has 0 fully saturated rings. The zero-order chi connectivity index (χ0) is 45.8. The van der Waals surface area contributed by atoms with Gasteiger partial charge in [0, 0.05) is 19.3 Å². The van der Waals surface area contributed by atoms with Gasteiger partial charge in [-0.25, -0.2) is 0 Å².